The first-order chi connectivity index (χ1) is 21.1. The van der Waals surface area contributed by atoms with E-state index in [1.165, 1.54) is 33.5 Å². The molecule has 2 aliphatic rings. The highest BCUT2D eigenvalue weighted by Gasteiger charge is 2.49. The first-order valence-electron chi connectivity index (χ1n) is 14.8. The van der Waals surface area contributed by atoms with Crippen LogP contribution in [0.15, 0.2) is 30.5 Å². The van der Waals surface area contributed by atoms with Gasteiger partial charge in [0.05, 0.1) is 40.2 Å². The second-order valence-corrected chi connectivity index (χ2v) is 12.7. The standard InChI is InChI=1S/C32H35F2N7O4/c1-16-13-20(14-17(2)26(16)33)41-28(25-18(3)38(12-11-22(25)36-41)31(44)45-32(5,6)7)40-29(42)19(4)39(30(40)43)24-10-9-23-21(27(24)34)15-35-37(23)8/h9-10,13-15,18-19H,11-12H2,1-8H3/t18-,19?/m0/s1. The van der Waals surface area contributed by atoms with Crippen molar-refractivity contribution in [1.82, 2.24) is 24.5 Å². The van der Waals surface area contributed by atoms with Gasteiger partial charge in [0.1, 0.15) is 17.5 Å². The molecule has 6 rings (SSSR count). The van der Waals surface area contributed by atoms with Gasteiger partial charge in [-0.25, -0.2) is 28.0 Å². The fourth-order valence-corrected chi connectivity index (χ4v) is 6.20. The van der Waals surface area contributed by atoms with Crippen LogP contribution in [-0.2, 0) is 23.0 Å². The lowest BCUT2D eigenvalue weighted by Gasteiger charge is -2.35. The first kappa shape index (κ1) is 30.2. The van der Waals surface area contributed by atoms with Gasteiger partial charge >= 0.3 is 12.1 Å². The van der Waals surface area contributed by atoms with Gasteiger partial charge in [-0.1, -0.05) is 0 Å². The largest absolute Gasteiger partial charge is 0.444 e. The van der Waals surface area contributed by atoms with Crippen molar-refractivity contribution in [2.45, 2.75) is 72.6 Å². The lowest BCUT2D eigenvalue weighted by molar-refractivity contribution is -0.117. The Bertz CT molecular complexity index is 1880. The second kappa shape index (κ2) is 10.4. The van der Waals surface area contributed by atoms with E-state index in [4.69, 9.17) is 9.84 Å². The molecule has 0 spiro atoms. The molecule has 1 fully saturated rings. The number of aryl methyl sites for hydroxylation is 3. The van der Waals surface area contributed by atoms with E-state index < -0.39 is 41.5 Å². The molecule has 2 aromatic heterocycles. The lowest BCUT2D eigenvalue weighted by atomic mass is 9.99. The Morgan fingerprint density at radius 2 is 1.69 bits per heavy atom. The third-order valence-corrected chi connectivity index (χ3v) is 8.42. The number of imide groups is 1. The van der Waals surface area contributed by atoms with E-state index in [9.17, 15) is 18.8 Å². The maximum absolute atomic E-state index is 15.9. The first-order valence-corrected chi connectivity index (χ1v) is 14.8. The Labute approximate surface area is 258 Å². The summed E-state index contributed by atoms with van der Waals surface area (Å²) in [5.41, 5.74) is 1.91. The summed E-state index contributed by atoms with van der Waals surface area (Å²) >= 11 is 0. The molecule has 2 aliphatic heterocycles. The molecule has 236 valence electrons. The number of rotatable bonds is 3. The molecule has 11 nitrogen and oxygen atoms in total. The van der Waals surface area contributed by atoms with Crippen LogP contribution in [0.5, 0.6) is 0 Å². The fraction of sp³-hybridized carbons (Fsp3) is 0.406. The van der Waals surface area contributed by atoms with Crippen LogP contribution in [0.1, 0.15) is 63.0 Å². The Balaban J connectivity index is 1.53. The zero-order valence-corrected chi connectivity index (χ0v) is 26.5. The van der Waals surface area contributed by atoms with Gasteiger partial charge in [-0.2, -0.15) is 10.2 Å². The molecule has 4 heterocycles. The van der Waals surface area contributed by atoms with Crippen molar-refractivity contribution in [2.75, 3.05) is 16.3 Å². The van der Waals surface area contributed by atoms with Crippen molar-refractivity contribution in [3.63, 3.8) is 0 Å². The van der Waals surface area contributed by atoms with E-state index in [0.29, 0.717) is 46.6 Å². The summed E-state index contributed by atoms with van der Waals surface area (Å²) in [6, 6.07) is 3.77. The Kier molecular flexibility index (Phi) is 6.98. The SMILES string of the molecule is Cc1cc(-n2nc3c(c2N2C(=O)C(C)N(c4ccc5c(cnn5C)c4F)C2=O)[C@H](C)N(C(=O)OC(C)(C)C)CC3)cc(C)c1F. The van der Waals surface area contributed by atoms with Crippen LogP contribution in [0.25, 0.3) is 16.6 Å². The molecule has 2 aromatic carbocycles. The summed E-state index contributed by atoms with van der Waals surface area (Å²) in [6.07, 6.45) is 1.14. The van der Waals surface area contributed by atoms with Crippen LogP contribution in [0.2, 0.25) is 0 Å². The maximum atomic E-state index is 15.9. The highest BCUT2D eigenvalue weighted by atomic mass is 19.1. The van der Waals surface area contributed by atoms with Gasteiger partial charge in [0.25, 0.3) is 5.91 Å². The van der Waals surface area contributed by atoms with Gasteiger partial charge in [-0.15, -0.1) is 0 Å². The number of carbonyl (C=O) groups is 3. The van der Waals surface area contributed by atoms with Gasteiger partial charge in [0, 0.05) is 25.6 Å². The molecular formula is C32H35F2N7O4. The summed E-state index contributed by atoms with van der Waals surface area (Å²) in [4.78, 5) is 45.3. The number of halogens is 2. The molecule has 0 saturated carbocycles. The van der Waals surface area contributed by atoms with Gasteiger partial charge in [-0.05, 0) is 83.9 Å². The minimum absolute atomic E-state index is 0.0688. The van der Waals surface area contributed by atoms with Gasteiger partial charge in [0.15, 0.2) is 11.6 Å². The highest BCUT2D eigenvalue weighted by Crippen LogP contribution is 2.42. The molecular weight excluding hydrogens is 584 g/mol. The lowest BCUT2D eigenvalue weighted by Crippen LogP contribution is -2.43. The number of anilines is 2. The smallest absolute Gasteiger partial charge is 0.410 e. The molecule has 0 N–H and O–H groups in total. The molecule has 1 saturated heterocycles. The molecule has 0 aliphatic carbocycles. The van der Waals surface area contributed by atoms with Crippen LogP contribution < -0.4 is 9.80 Å². The van der Waals surface area contributed by atoms with Crippen LogP contribution in [0.3, 0.4) is 0 Å². The Hall–Kier alpha value is -4.81. The zero-order valence-electron chi connectivity index (χ0n) is 26.5. The molecule has 4 aromatic rings. The second-order valence-electron chi connectivity index (χ2n) is 12.7. The Morgan fingerprint density at radius 3 is 2.33 bits per heavy atom. The number of urea groups is 1. The van der Waals surface area contributed by atoms with E-state index in [2.05, 4.69) is 5.10 Å². The number of aromatic nitrogens is 4. The maximum Gasteiger partial charge on any atom is 0.410 e. The third kappa shape index (κ3) is 4.72. The van der Waals surface area contributed by atoms with Gasteiger partial charge < -0.3 is 9.64 Å². The van der Waals surface area contributed by atoms with E-state index in [0.717, 1.165) is 9.80 Å². The normalized spacial score (nSPS) is 18.8. The minimum atomic E-state index is -1.07. The van der Waals surface area contributed by atoms with E-state index >= 15 is 4.39 Å². The average molecular weight is 620 g/mol. The average Bonchev–Trinajstić information content (AvgIpc) is 3.59. The number of benzene rings is 2. The zero-order chi connectivity index (χ0) is 32.7. The quantitative estimate of drug-likeness (QED) is 0.266. The van der Waals surface area contributed by atoms with E-state index in [1.54, 1.807) is 66.8 Å². The number of ether oxygens (including phenoxy) is 1. The van der Waals surface area contributed by atoms with E-state index in [1.807, 2.05) is 0 Å². The highest BCUT2D eigenvalue weighted by molar-refractivity contribution is 6.28. The number of amides is 4. The third-order valence-electron chi connectivity index (χ3n) is 8.42. The van der Waals surface area contributed by atoms with Crippen molar-refractivity contribution in [1.29, 1.82) is 0 Å². The summed E-state index contributed by atoms with van der Waals surface area (Å²) in [5, 5.41) is 9.14. The van der Waals surface area contributed by atoms with Crippen LogP contribution in [-0.4, -0.2) is 60.7 Å². The minimum Gasteiger partial charge on any atom is -0.444 e. The number of carbonyl (C=O) groups excluding carboxylic acids is 3. The Morgan fingerprint density at radius 1 is 1.02 bits per heavy atom. The predicted molar refractivity (Wildman–Crippen MR) is 164 cm³/mol. The summed E-state index contributed by atoms with van der Waals surface area (Å²) < 4.78 is 39.2. The molecule has 2 atom stereocenters. The van der Waals surface area contributed by atoms with Crippen molar-refractivity contribution in [3.05, 3.63) is 64.5 Å². The molecule has 0 radical (unpaired) electrons. The van der Waals surface area contributed by atoms with Crippen LogP contribution in [0.4, 0.5) is 29.9 Å². The molecule has 45 heavy (non-hydrogen) atoms. The van der Waals surface area contributed by atoms with Crippen molar-refractivity contribution in [2.24, 2.45) is 7.05 Å². The monoisotopic (exact) mass is 619 g/mol. The molecule has 0 bridgehead atoms. The summed E-state index contributed by atoms with van der Waals surface area (Å²) in [5.74, 6) is -1.55. The van der Waals surface area contributed by atoms with Crippen LogP contribution in [0, 0.1) is 25.5 Å². The van der Waals surface area contributed by atoms with Crippen molar-refractivity contribution < 1.29 is 27.9 Å². The predicted octanol–water partition coefficient (Wildman–Crippen LogP) is 5.87. The van der Waals surface area contributed by atoms with E-state index in [-0.39, 0.29) is 22.7 Å². The number of nitrogens with zero attached hydrogens (tertiary/aromatic N) is 7. The topological polar surface area (TPSA) is 106 Å². The summed E-state index contributed by atoms with van der Waals surface area (Å²) in [7, 11) is 1.68. The van der Waals surface area contributed by atoms with Gasteiger partial charge in [0.2, 0.25) is 0 Å². The van der Waals surface area contributed by atoms with Crippen LogP contribution >= 0.6 is 0 Å². The molecule has 4 amide bonds. The number of hydrogen-bond donors (Lipinski definition) is 0. The van der Waals surface area contributed by atoms with Crippen molar-refractivity contribution in [3.8, 4) is 5.69 Å². The summed E-state index contributed by atoms with van der Waals surface area (Å²) in [6.45, 7) is 12.2. The van der Waals surface area contributed by atoms with Gasteiger partial charge in [-0.3, -0.25) is 14.4 Å². The molecule has 13 heteroatoms. The number of hydrogen-bond acceptors (Lipinski definition) is 6. The molecule has 1 unspecified atom stereocenters. The fourth-order valence-electron chi connectivity index (χ4n) is 6.20. The van der Waals surface area contributed by atoms with Crippen molar-refractivity contribution >= 4 is 40.4 Å². The number of fused-ring (bicyclic) bond motifs is 2.